The third-order valence-electron chi connectivity index (χ3n) is 3.70. The summed E-state index contributed by atoms with van der Waals surface area (Å²) in [4.78, 5) is 35.8. The highest BCUT2D eigenvalue weighted by Gasteiger charge is 2.13. The Morgan fingerprint density at radius 3 is 2.32 bits per heavy atom. The molecular weight excluding hydrogens is 471 g/mol. The van der Waals surface area contributed by atoms with Crippen molar-refractivity contribution < 1.29 is 14.4 Å². The van der Waals surface area contributed by atoms with Crippen molar-refractivity contribution in [2.75, 3.05) is 10.6 Å². The third kappa shape index (κ3) is 7.10. The predicted molar refractivity (Wildman–Crippen MR) is 118 cm³/mol. The Balaban J connectivity index is 1.82. The van der Waals surface area contributed by atoms with Crippen LogP contribution in [0.3, 0.4) is 0 Å². The molecule has 0 aromatic heterocycles. The lowest BCUT2D eigenvalue weighted by molar-refractivity contribution is -0.136. The molecule has 0 spiro atoms. The van der Waals surface area contributed by atoms with Gasteiger partial charge in [-0.15, -0.1) is 0 Å². The van der Waals surface area contributed by atoms with E-state index in [1.807, 2.05) is 37.3 Å². The average Bonchev–Trinajstić information content (AvgIpc) is 2.66. The molecule has 0 aliphatic rings. The molecule has 0 saturated carbocycles. The van der Waals surface area contributed by atoms with Crippen LogP contribution in [0.2, 0.25) is 0 Å². The van der Waals surface area contributed by atoms with Gasteiger partial charge in [-0.2, -0.15) is 5.10 Å². The van der Waals surface area contributed by atoms with E-state index in [9.17, 15) is 14.4 Å². The molecule has 2 aromatic carbocycles. The van der Waals surface area contributed by atoms with E-state index in [2.05, 4.69) is 43.8 Å². The predicted octanol–water partition coefficient (Wildman–Crippen LogP) is 3.31. The number of hydrogen-bond donors (Lipinski definition) is 3. The van der Waals surface area contributed by atoms with Crippen LogP contribution in [0.4, 0.5) is 11.4 Å². The molecule has 0 unspecified atom stereocenters. The highest BCUT2D eigenvalue weighted by Crippen LogP contribution is 2.12. The molecule has 7 nitrogen and oxygen atoms in total. The summed E-state index contributed by atoms with van der Waals surface area (Å²) in [6.07, 6.45) is 0.881. The van der Waals surface area contributed by atoms with Crippen molar-refractivity contribution in [3.63, 3.8) is 0 Å². The lowest BCUT2D eigenvalue weighted by Gasteiger charge is -2.07. The number of benzene rings is 2. The van der Waals surface area contributed by atoms with Crippen LogP contribution >= 0.6 is 22.6 Å². The van der Waals surface area contributed by atoms with Crippen molar-refractivity contribution >= 4 is 57.4 Å². The largest absolute Gasteiger partial charge is 0.329 e. The van der Waals surface area contributed by atoms with Gasteiger partial charge in [0.25, 0.3) is 0 Å². The molecule has 28 heavy (non-hydrogen) atoms. The molecule has 2 rings (SSSR count). The molecule has 0 atom stereocenters. The van der Waals surface area contributed by atoms with Crippen LogP contribution in [-0.4, -0.2) is 23.4 Å². The number of amides is 3. The van der Waals surface area contributed by atoms with Gasteiger partial charge in [0, 0.05) is 20.7 Å². The van der Waals surface area contributed by atoms with Gasteiger partial charge in [-0.25, -0.2) is 5.43 Å². The normalized spacial score (nSPS) is 10.9. The first-order valence-electron chi connectivity index (χ1n) is 8.66. The van der Waals surface area contributed by atoms with Crippen molar-refractivity contribution in [2.45, 2.75) is 26.7 Å². The second kappa shape index (κ2) is 10.5. The van der Waals surface area contributed by atoms with Gasteiger partial charge in [0.15, 0.2) is 0 Å². The zero-order valence-electron chi connectivity index (χ0n) is 15.6. The Hall–Kier alpha value is -2.75. The number of nitrogens with zero attached hydrogens (tertiary/aromatic N) is 1. The fourth-order valence-corrected chi connectivity index (χ4v) is 2.80. The number of rotatable bonds is 6. The van der Waals surface area contributed by atoms with E-state index >= 15 is 0 Å². The maximum absolute atomic E-state index is 12.0. The fourth-order valence-electron chi connectivity index (χ4n) is 2.25. The zero-order valence-corrected chi connectivity index (χ0v) is 17.7. The topological polar surface area (TPSA) is 99.7 Å². The maximum atomic E-state index is 12.0. The summed E-state index contributed by atoms with van der Waals surface area (Å²) in [7, 11) is 0. The number of hydrazone groups is 1. The number of carbonyl (C=O) groups excluding carboxylic acids is 3. The minimum absolute atomic E-state index is 0.00808. The molecule has 0 radical (unpaired) electrons. The summed E-state index contributed by atoms with van der Waals surface area (Å²) in [5, 5.41) is 9.05. The molecule has 0 aliphatic carbocycles. The summed E-state index contributed by atoms with van der Waals surface area (Å²) < 4.78 is 1.00. The Bertz CT molecular complexity index is 895. The van der Waals surface area contributed by atoms with E-state index in [-0.39, 0.29) is 12.3 Å². The van der Waals surface area contributed by atoms with Crippen molar-refractivity contribution in [3.05, 3.63) is 57.7 Å². The molecular formula is C20H21IN4O3. The van der Waals surface area contributed by atoms with E-state index in [0.29, 0.717) is 17.1 Å². The zero-order chi connectivity index (χ0) is 20.5. The van der Waals surface area contributed by atoms with Crippen molar-refractivity contribution in [3.8, 4) is 0 Å². The molecule has 0 heterocycles. The Morgan fingerprint density at radius 2 is 1.68 bits per heavy atom. The van der Waals surface area contributed by atoms with Gasteiger partial charge in [0.1, 0.15) is 0 Å². The van der Waals surface area contributed by atoms with Gasteiger partial charge in [0.05, 0.1) is 6.42 Å². The average molecular weight is 492 g/mol. The first-order valence-corrected chi connectivity index (χ1v) is 9.74. The number of hydrogen-bond acceptors (Lipinski definition) is 4. The SMILES string of the molecule is CCc1ccc(NC(=O)C(=O)N/N=C(\C)CC(=O)Nc2cccc(I)c2)cc1. The monoisotopic (exact) mass is 492 g/mol. The standard InChI is InChI=1S/C20H21IN4O3/c1-3-14-7-9-16(10-8-14)23-19(27)20(28)25-24-13(2)11-18(26)22-17-6-4-5-15(21)12-17/h4-10,12H,3,11H2,1-2H3,(H,22,26)(H,23,27)(H,25,28)/b24-13+. The minimum atomic E-state index is -0.906. The molecule has 8 heteroatoms. The molecule has 2 aromatic rings. The van der Waals surface area contributed by atoms with E-state index in [4.69, 9.17) is 0 Å². The van der Waals surface area contributed by atoms with Crippen molar-refractivity contribution in [1.82, 2.24) is 5.43 Å². The smallest absolute Gasteiger partial charge is 0.326 e. The summed E-state index contributed by atoms with van der Waals surface area (Å²) >= 11 is 2.16. The van der Waals surface area contributed by atoms with Crippen LogP contribution in [-0.2, 0) is 20.8 Å². The van der Waals surface area contributed by atoms with Gasteiger partial charge >= 0.3 is 11.8 Å². The molecule has 3 amide bonds. The Morgan fingerprint density at radius 1 is 0.964 bits per heavy atom. The van der Waals surface area contributed by atoms with E-state index in [1.165, 1.54) is 0 Å². The lowest BCUT2D eigenvalue weighted by atomic mass is 10.1. The van der Waals surface area contributed by atoms with Crippen LogP contribution in [0.15, 0.2) is 53.6 Å². The molecule has 146 valence electrons. The number of nitrogens with one attached hydrogen (secondary N) is 3. The van der Waals surface area contributed by atoms with Crippen molar-refractivity contribution in [1.29, 1.82) is 0 Å². The minimum Gasteiger partial charge on any atom is -0.326 e. The second-order valence-electron chi connectivity index (χ2n) is 6.03. The summed E-state index contributed by atoms with van der Waals surface area (Å²) in [5.41, 5.74) is 4.87. The summed E-state index contributed by atoms with van der Waals surface area (Å²) in [6.45, 7) is 3.62. The van der Waals surface area contributed by atoms with Gasteiger partial charge in [-0.1, -0.05) is 25.1 Å². The van der Waals surface area contributed by atoms with Crippen LogP contribution in [0.5, 0.6) is 0 Å². The second-order valence-corrected chi connectivity index (χ2v) is 7.27. The van der Waals surface area contributed by atoms with Crippen molar-refractivity contribution in [2.24, 2.45) is 5.10 Å². The van der Waals surface area contributed by atoms with Gasteiger partial charge < -0.3 is 10.6 Å². The fraction of sp³-hybridized carbons (Fsp3) is 0.200. The summed E-state index contributed by atoms with van der Waals surface area (Å²) in [5.74, 6) is -2.00. The first kappa shape index (κ1) is 21.5. The molecule has 0 aliphatic heterocycles. The Labute approximate surface area is 177 Å². The maximum Gasteiger partial charge on any atom is 0.329 e. The van der Waals surface area contributed by atoms with E-state index < -0.39 is 11.8 Å². The van der Waals surface area contributed by atoms with Crippen LogP contribution in [0.1, 0.15) is 25.8 Å². The van der Waals surface area contributed by atoms with E-state index in [0.717, 1.165) is 15.6 Å². The molecule has 0 bridgehead atoms. The molecule has 3 N–H and O–H groups in total. The van der Waals surface area contributed by atoms with E-state index in [1.54, 1.807) is 25.1 Å². The van der Waals surface area contributed by atoms with Crippen LogP contribution < -0.4 is 16.1 Å². The summed E-state index contributed by atoms with van der Waals surface area (Å²) in [6, 6.07) is 14.6. The van der Waals surface area contributed by atoms with Gasteiger partial charge in [0.2, 0.25) is 5.91 Å². The first-order chi connectivity index (χ1) is 13.4. The quantitative estimate of drug-likeness (QED) is 0.250. The number of aryl methyl sites for hydroxylation is 1. The van der Waals surface area contributed by atoms with Gasteiger partial charge in [-0.3, -0.25) is 14.4 Å². The molecule has 0 saturated heterocycles. The number of halogens is 1. The highest BCUT2D eigenvalue weighted by atomic mass is 127. The lowest BCUT2D eigenvalue weighted by Crippen LogP contribution is -2.33. The van der Waals surface area contributed by atoms with Crippen LogP contribution in [0, 0.1) is 3.57 Å². The van der Waals surface area contributed by atoms with Gasteiger partial charge in [-0.05, 0) is 71.8 Å². The third-order valence-corrected chi connectivity index (χ3v) is 4.37. The molecule has 0 fully saturated rings. The number of carbonyl (C=O) groups is 3. The van der Waals surface area contributed by atoms with Crippen LogP contribution in [0.25, 0.3) is 0 Å². The highest BCUT2D eigenvalue weighted by molar-refractivity contribution is 14.1. The number of anilines is 2. The Kier molecular flexibility index (Phi) is 8.12.